The number of rotatable bonds is 7. The fourth-order valence-corrected chi connectivity index (χ4v) is 3.16. The number of likely N-dealkylation sites (N-methyl/N-ethyl adjacent to an activating group) is 1. The predicted molar refractivity (Wildman–Crippen MR) is 78.7 cm³/mol. The third-order valence-electron chi connectivity index (χ3n) is 4.06. The van der Waals surface area contributed by atoms with Gasteiger partial charge in [-0.3, -0.25) is 0 Å². The zero-order valence-electron chi connectivity index (χ0n) is 12.9. The largest absolute Gasteiger partial charge is 0.381 e. The molecule has 0 aliphatic carbocycles. The number of nitrogens with zero attached hydrogens (tertiary/aromatic N) is 2. The van der Waals surface area contributed by atoms with Crippen LogP contribution in [0, 0.1) is 0 Å². The van der Waals surface area contributed by atoms with Crippen LogP contribution in [-0.2, 0) is 16.0 Å². The lowest BCUT2D eigenvalue weighted by molar-refractivity contribution is -0.128. The predicted octanol–water partition coefficient (Wildman–Crippen LogP) is 2.14. The van der Waals surface area contributed by atoms with Gasteiger partial charge in [0.25, 0.3) is 0 Å². The van der Waals surface area contributed by atoms with Crippen LogP contribution in [0.25, 0.3) is 0 Å². The van der Waals surface area contributed by atoms with Gasteiger partial charge in [-0.1, -0.05) is 6.92 Å². The molecule has 2 heterocycles. The van der Waals surface area contributed by atoms with E-state index in [0.717, 1.165) is 44.8 Å². The van der Waals surface area contributed by atoms with E-state index in [-0.39, 0.29) is 11.6 Å². The van der Waals surface area contributed by atoms with Crippen LogP contribution >= 0.6 is 0 Å². The second kappa shape index (κ2) is 7.20. The first-order chi connectivity index (χ1) is 9.77. The van der Waals surface area contributed by atoms with Gasteiger partial charge in [0.2, 0.25) is 0 Å². The summed E-state index contributed by atoms with van der Waals surface area (Å²) < 4.78 is 13.9. The summed E-state index contributed by atoms with van der Waals surface area (Å²) in [6, 6.07) is 0.105. The summed E-state index contributed by atoms with van der Waals surface area (Å²) in [6.07, 6.45) is 6.86. The number of imidazole rings is 1. The molecule has 1 fully saturated rings. The third kappa shape index (κ3) is 3.05. The van der Waals surface area contributed by atoms with Gasteiger partial charge in [-0.25, -0.2) is 4.98 Å². The van der Waals surface area contributed by atoms with E-state index in [1.807, 2.05) is 13.2 Å². The number of nitrogens with one attached hydrogen (secondary N) is 1. The van der Waals surface area contributed by atoms with Crippen molar-refractivity contribution >= 4 is 0 Å². The van der Waals surface area contributed by atoms with Crippen LogP contribution in [-0.4, -0.2) is 42.0 Å². The zero-order chi connectivity index (χ0) is 14.4. The average molecular weight is 281 g/mol. The van der Waals surface area contributed by atoms with E-state index in [9.17, 15) is 0 Å². The smallest absolute Gasteiger partial charge is 0.128 e. The molecule has 20 heavy (non-hydrogen) atoms. The molecule has 1 N–H and O–H groups in total. The standard InChI is InChI=1S/C15H27N3O2/c1-4-9-18-10-8-17-14(18)13(16-3)15(20-5-2)6-11-19-12-7-15/h8,10,13,16H,4-7,9,11-12H2,1-3H3. The van der Waals surface area contributed by atoms with Crippen molar-refractivity contribution in [3.63, 3.8) is 0 Å². The van der Waals surface area contributed by atoms with Crippen LogP contribution in [0.5, 0.6) is 0 Å². The molecule has 1 aromatic rings. The van der Waals surface area contributed by atoms with E-state index >= 15 is 0 Å². The van der Waals surface area contributed by atoms with Crippen molar-refractivity contribution in [2.24, 2.45) is 0 Å². The van der Waals surface area contributed by atoms with E-state index < -0.39 is 0 Å². The van der Waals surface area contributed by atoms with E-state index in [2.05, 4.69) is 34.9 Å². The molecule has 1 aliphatic rings. The molecule has 2 rings (SSSR count). The van der Waals surface area contributed by atoms with E-state index in [0.29, 0.717) is 6.61 Å². The molecule has 5 heteroatoms. The first-order valence-electron chi connectivity index (χ1n) is 7.67. The summed E-state index contributed by atoms with van der Waals surface area (Å²) >= 11 is 0. The molecule has 0 radical (unpaired) electrons. The van der Waals surface area contributed by atoms with Crippen LogP contribution in [0.2, 0.25) is 0 Å². The maximum absolute atomic E-state index is 6.18. The Hall–Kier alpha value is -0.910. The monoisotopic (exact) mass is 281 g/mol. The molecule has 1 aromatic heterocycles. The summed E-state index contributed by atoms with van der Waals surface area (Å²) in [5.41, 5.74) is -0.210. The van der Waals surface area contributed by atoms with Crippen LogP contribution in [0.3, 0.4) is 0 Å². The molecule has 0 aromatic carbocycles. The topological polar surface area (TPSA) is 48.3 Å². The maximum Gasteiger partial charge on any atom is 0.128 e. The summed E-state index contributed by atoms with van der Waals surface area (Å²) in [6.45, 7) is 7.46. The third-order valence-corrected chi connectivity index (χ3v) is 4.06. The molecular formula is C15H27N3O2. The van der Waals surface area contributed by atoms with Gasteiger partial charge in [0.1, 0.15) is 5.82 Å². The Morgan fingerprint density at radius 1 is 1.45 bits per heavy atom. The SMILES string of the molecule is CCCn1ccnc1C(NC)C1(OCC)CCOCC1. The van der Waals surface area contributed by atoms with Crippen LogP contribution < -0.4 is 5.32 Å². The minimum absolute atomic E-state index is 0.105. The summed E-state index contributed by atoms with van der Waals surface area (Å²) in [7, 11) is 1.99. The molecular weight excluding hydrogens is 254 g/mol. The first kappa shape index (κ1) is 15.5. The Morgan fingerprint density at radius 3 is 2.80 bits per heavy atom. The van der Waals surface area contributed by atoms with Gasteiger partial charge in [-0.2, -0.15) is 0 Å². The molecule has 1 saturated heterocycles. The fourth-order valence-electron chi connectivity index (χ4n) is 3.16. The van der Waals surface area contributed by atoms with Gasteiger partial charge in [-0.05, 0) is 20.4 Å². The van der Waals surface area contributed by atoms with E-state index in [4.69, 9.17) is 9.47 Å². The van der Waals surface area contributed by atoms with Crippen molar-refractivity contribution in [2.75, 3.05) is 26.9 Å². The van der Waals surface area contributed by atoms with Gasteiger partial charge in [0.15, 0.2) is 0 Å². The molecule has 0 spiro atoms. The zero-order valence-corrected chi connectivity index (χ0v) is 12.9. The molecule has 0 bridgehead atoms. The van der Waals surface area contributed by atoms with E-state index in [1.165, 1.54) is 0 Å². The van der Waals surface area contributed by atoms with Crippen molar-refractivity contribution in [1.29, 1.82) is 0 Å². The Labute approximate surface area is 121 Å². The van der Waals surface area contributed by atoms with Crippen LogP contribution in [0.4, 0.5) is 0 Å². The highest BCUT2D eigenvalue weighted by Crippen LogP contribution is 2.37. The number of hydrogen-bond acceptors (Lipinski definition) is 4. The van der Waals surface area contributed by atoms with Gasteiger partial charge in [0.05, 0.1) is 11.6 Å². The number of ether oxygens (including phenoxy) is 2. The molecule has 1 unspecified atom stereocenters. The molecule has 1 atom stereocenters. The first-order valence-corrected chi connectivity index (χ1v) is 7.67. The summed E-state index contributed by atoms with van der Waals surface area (Å²) in [4.78, 5) is 4.59. The quantitative estimate of drug-likeness (QED) is 0.832. The Balaban J connectivity index is 2.29. The van der Waals surface area contributed by atoms with Crippen molar-refractivity contribution in [2.45, 2.75) is 51.3 Å². The maximum atomic E-state index is 6.18. The second-order valence-corrected chi connectivity index (χ2v) is 5.31. The van der Waals surface area contributed by atoms with Gasteiger partial charge < -0.3 is 19.4 Å². The van der Waals surface area contributed by atoms with Crippen LogP contribution in [0.1, 0.15) is 45.0 Å². The van der Waals surface area contributed by atoms with Gasteiger partial charge >= 0.3 is 0 Å². The number of aryl methyl sites for hydroxylation is 1. The lowest BCUT2D eigenvalue weighted by Gasteiger charge is -2.42. The van der Waals surface area contributed by atoms with Crippen molar-refractivity contribution in [1.82, 2.24) is 14.9 Å². The van der Waals surface area contributed by atoms with Crippen molar-refractivity contribution in [3.8, 4) is 0 Å². The van der Waals surface area contributed by atoms with Crippen molar-refractivity contribution in [3.05, 3.63) is 18.2 Å². The molecule has 5 nitrogen and oxygen atoms in total. The highest BCUT2D eigenvalue weighted by molar-refractivity contribution is 5.09. The molecule has 0 saturated carbocycles. The Kier molecular flexibility index (Phi) is 5.57. The average Bonchev–Trinajstić information content (AvgIpc) is 2.90. The summed E-state index contributed by atoms with van der Waals surface area (Å²) in [5.74, 6) is 1.07. The molecule has 1 aliphatic heterocycles. The Bertz CT molecular complexity index is 394. The number of aromatic nitrogens is 2. The molecule has 0 amide bonds. The van der Waals surface area contributed by atoms with Gasteiger partial charge in [-0.15, -0.1) is 0 Å². The Morgan fingerprint density at radius 2 is 2.20 bits per heavy atom. The normalized spacial score (nSPS) is 19.9. The van der Waals surface area contributed by atoms with Gasteiger partial charge in [0, 0.05) is 51.6 Å². The lowest BCUT2D eigenvalue weighted by atomic mass is 9.85. The molecule has 114 valence electrons. The summed E-state index contributed by atoms with van der Waals surface area (Å²) in [5, 5.41) is 3.43. The number of hydrogen-bond donors (Lipinski definition) is 1. The highest BCUT2D eigenvalue weighted by Gasteiger charge is 2.43. The minimum atomic E-state index is -0.210. The van der Waals surface area contributed by atoms with Crippen molar-refractivity contribution < 1.29 is 9.47 Å². The highest BCUT2D eigenvalue weighted by atomic mass is 16.5. The fraction of sp³-hybridized carbons (Fsp3) is 0.800. The second-order valence-electron chi connectivity index (χ2n) is 5.31. The minimum Gasteiger partial charge on any atom is -0.381 e. The van der Waals surface area contributed by atoms with E-state index in [1.54, 1.807) is 0 Å². The lowest BCUT2D eigenvalue weighted by Crippen LogP contribution is -2.50. The van der Waals surface area contributed by atoms with Crippen LogP contribution in [0.15, 0.2) is 12.4 Å².